The van der Waals surface area contributed by atoms with Crippen molar-refractivity contribution in [2.75, 3.05) is 32.8 Å². The fraction of sp³-hybridized carbons (Fsp3) is 0.667. The summed E-state index contributed by atoms with van der Waals surface area (Å²) in [6, 6.07) is 10.4. The van der Waals surface area contributed by atoms with E-state index in [1.54, 1.807) is 0 Å². The first-order chi connectivity index (χ1) is 10.4. The van der Waals surface area contributed by atoms with Crippen LogP contribution in [-0.4, -0.2) is 43.9 Å². The Morgan fingerprint density at radius 1 is 1.14 bits per heavy atom. The van der Waals surface area contributed by atoms with Crippen LogP contribution in [0.25, 0.3) is 0 Å². The largest absolute Gasteiger partial charge is 0.377 e. The number of benzene rings is 1. The van der Waals surface area contributed by atoms with Gasteiger partial charge in [0.05, 0.1) is 19.3 Å². The number of ether oxygens (including phenoxy) is 2. The Labute approximate surface area is 128 Å². The zero-order chi connectivity index (χ0) is 14.3. The summed E-state index contributed by atoms with van der Waals surface area (Å²) in [5.41, 5.74) is 1.27. The lowest BCUT2D eigenvalue weighted by Gasteiger charge is -2.27. The molecule has 1 aromatic carbocycles. The summed E-state index contributed by atoms with van der Waals surface area (Å²) in [4.78, 5) is 2.56. The molecule has 21 heavy (non-hydrogen) atoms. The average molecular weight is 289 g/mol. The summed E-state index contributed by atoms with van der Waals surface area (Å²) < 4.78 is 11.7. The first-order valence-electron chi connectivity index (χ1n) is 8.36. The molecule has 2 aliphatic rings. The summed E-state index contributed by atoms with van der Waals surface area (Å²) in [7, 11) is 0. The van der Waals surface area contributed by atoms with Crippen LogP contribution < -0.4 is 0 Å². The molecular formula is C18H27NO2. The topological polar surface area (TPSA) is 21.7 Å². The second-order valence-corrected chi connectivity index (χ2v) is 6.40. The Bertz CT molecular complexity index is 403. The van der Waals surface area contributed by atoms with Crippen LogP contribution in [0.2, 0.25) is 0 Å². The van der Waals surface area contributed by atoms with Crippen LogP contribution in [0, 0.1) is 5.92 Å². The SMILES string of the molecule is c1ccc(COC[C@@H]2CCN(C[C@@H]3CCCCO3)C2)cc1. The van der Waals surface area contributed by atoms with E-state index in [9.17, 15) is 0 Å². The predicted octanol–water partition coefficient (Wildman–Crippen LogP) is 3.09. The fourth-order valence-corrected chi connectivity index (χ4v) is 3.37. The Hall–Kier alpha value is -0.900. The molecule has 0 unspecified atom stereocenters. The van der Waals surface area contributed by atoms with Gasteiger partial charge < -0.3 is 14.4 Å². The van der Waals surface area contributed by atoms with Crippen molar-refractivity contribution < 1.29 is 9.47 Å². The maximum atomic E-state index is 5.88. The molecule has 0 bridgehead atoms. The van der Waals surface area contributed by atoms with E-state index < -0.39 is 0 Å². The minimum atomic E-state index is 0.475. The first kappa shape index (κ1) is 15.0. The van der Waals surface area contributed by atoms with Gasteiger partial charge >= 0.3 is 0 Å². The van der Waals surface area contributed by atoms with Gasteiger partial charge in [0.25, 0.3) is 0 Å². The van der Waals surface area contributed by atoms with E-state index in [1.165, 1.54) is 44.3 Å². The number of likely N-dealkylation sites (tertiary alicyclic amines) is 1. The van der Waals surface area contributed by atoms with Gasteiger partial charge in [-0.05, 0) is 43.7 Å². The molecule has 116 valence electrons. The highest BCUT2D eigenvalue weighted by atomic mass is 16.5. The smallest absolute Gasteiger partial charge is 0.0717 e. The van der Waals surface area contributed by atoms with Crippen molar-refractivity contribution in [3.05, 3.63) is 35.9 Å². The highest BCUT2D eigenvalue weighted by molar-refractivity contribution is 5.13. The van der Waals surface area contributed by atoms with E-state index in [1.807, 2.05) is 6.07 Å². The van der Waals surface area contributed by atoms with Crippen LogP contribution in [0.4, 0.5) is 0 Å². The monoisotopic (exact) mass is 289 g/mol. The van der Waals surface area contributed by atoms with Crippen molar-refractivity contribution in [3.8, 4) is 0 Å². The van der Waals surface area contributed by atoms with Gasteiger partial charge in [-0.25, -0.2) is 0 Å². The Balaban J connectivity index is 1.33. The maximum absolute atomic E-state index is 5.88. The third-order valence-electron chi connectivity index (χ3n) is 4.57. The minimum Gasteiger partial charge on any atom is -0.377 e. The molecule has 2 saturated heterocycles. The molecule has 3 heteroatoms. The third-order valence-corrected chi connectivity index (χ3v) is 4.57. The Morgan fingerprint density at radius 2 is 2.05 bits per heavy atom. The van der Waals surface area contributed by atoms with Gasteiger partial charge in [-0.3, -0.25) is 0 Å². The first-order valence-corrected chi connectivity index (χ1v) is 8.36. The fourth-order valence-electron chi connectivity index (χ4n) is 3.37. The summed E-state index contributed by atoms with van der Waals surface area (Å²) in [6.45, 7) is 6.09. The van der Waals surface area contributed by atoms with Gasteiger partial charge in [0.1, 0.15) is 0 Å². The van der Waals surface area contributed by atoms with Crippen molar-refractivity contribution in [1.29, 1.82) is 0 Å². The lowest BCUT2D eigenvalue weighted by atomic mass is 10.1. The lowest BCUT2D eigenvalue weighted by molar-refractivity contribution is -0.00333. The molecule has 0 amide bonds. The molecule has 0 N–H and O–H groups in total. The van der Waals surface area contributed by atoms with E-state index in [-0.39, 0.29) is 0 Å². The highest BCUT2D eigenvalue weighted by Gasteiger charge is 2.25. The average Bonchev–Trinajstić information content (AvgIpc) is 2.97. The lowest BCUT2D eigenvalue weighted by Crippen LogP contribution is -2.34. The second kappa shape index (κ2) is 7.92. The molecular weight excluding hydrogens is 262 g/mol. The highest BCUT2D eigenvalue weighted by Crippen LogP contribution is 2.20. The van der Waals surface area contributed by atoms with Crippen LogP contribution in [0.15, 0.2) is 30.3 Å². The second-order valence-electron chi connectivity index (χ2n) is 6.40. The predicted molar refractivity (Wildman–Crippen MR) is 84.2 cm³/mol. The molecule has 3 nitrogen and oxygen atoms in total. The standard InChI is InChI=1S/C18H27NO2/c1-2-6-16(7-3-1)14-20-15-17-9-10-19(12-17)13-18-8-4-5-11-21-18/h1-3,6-7,17-18H,4-5,8-15H2/t17-,18+/m1/s1. The van der Waals surface area contributed by atoms with Crippen LogP contribution in [0.1, 0.15) is 31.2 Å². The summed E-state index contributed by atoms with van der Waals surface area (Å²) in [5.74, 6) is 0.692. The van der Waals surface area contributed by atoms with E-state index >= 15 is 0 Å². The number of hydrogen-bond donors (Lipinski definition) is 0. The Kier molecular flexibility index (Phi) is 5.67. The van der Waals surface area contributed by atoms with Gasteiger partial charge in [-0.1, -0.05) is 30.3 Å². The minimum absolute atomic E-state index is 0.475. The summed E-state index contributed by atoms with van der Waals surface area (Å²) >= 11 is 0. The molecule has 0 saturated carbocycles. The number of rotatable bonds is 6. The summed E-state index contributed by atoms with van der Waals surface area (Å²) in [6.07, 6.45) is 5.56. The quantitative estimate of drug-likeness (QED) is 0.803. The van der Waals surface area contributed by atoms with Gasteiger partial charge in [0.2, 0.25) is 0 Å². The van der Waals surface area contributed by atoms with Crippen LogP contribution in [0.3, 0.4) is 0 Å². The van der Waals surface area contributed by atoms with E-state index in [0.29, 0.717) is 12.0 Å². The summed E-state index contributed by atoms with van der Waals surface area (Å²) in [5, 5.41) is 0. The number of hydrogen-bond acceptors (Lipinski definition) is 3. The van der Waals surface area contributed by atoms with E-state index in [2.05, 4.69) is 29.2 Å². The van der Waals surface area contributed by atoms with Crippen molar-refractivity contribution in [2.45, 2.75) is 38.4 Å². The number of nitrogens with zero attached hydrogens (tertiary/aromatic N) is 1. The zero-order valence-corrected chi connectivity index (χ0v) is 12.9. The molecule has 2 atom stereocenters. The molecule has 0 aliphatic carbocycles. The van der Waals surface area contributed by atoms with Crippen molar-refractivity contribution >= 4 is 0 Å². The van der Waals surface area contributed by atoms with Crippen LogP contribution in [-0.2, 0) is 16.1 Å². The van der Waals surface area contributed by atoms with E-state index in [4.69, 9.17) is 9.47 Å². The van der Waals surface area contributed by atoms with Crippen molar-refractivity contribution in [1.82, 2.24) is 4.90 Å². The van der Waals surface area contributed by atoms with Gasteiger partial charge in [0, 0.05) is 19.7 Å². The van der Waals surface area contributed by atoms with Crippen LogP contribution in [0.5, 0.6) is 0 Å². The molecule has 1 aromatic rings. The molecule has 2 fully saturated rings. The maximum Gasteiger partial charge on any atom is 0.0717 e. The third kappa shape index (κ3) is 4.80. The molecule has 0 aromatic heterocycles. The van der Waals surface area contributed by atoms with Crippen molar-refractivity contribution in [3.63, 3.8) is 0 Å². The van der Waals surface area contributed by atoms with Gasteiger partial charge in [-0.15, -0.1) is 0 Å². The molecule has 3 rings (SSSR count). The molecule has 0 spiro atoms. The Morgan fingerprint density at radius 3 is 2.86 bits per heavy atom. The van der Waals surface area contributed by atoms with Crippen molar-refractivity contribution in [2.24, 2.45) is 5.92 Å². The van der Waals surface area contributed by atoms with E-state index in [0.717, 1.165) is 26.4 Å². The van der Waals surface area contributed by atoms with Gasteiger partial charge in [0.15, 0.2) is 0 Å². The molecule has 2 aliphatic heterocycles. The zero-order valence-electron chi connectivity index (χ0n) is 12.9. The molecule has 0 radical (unpaired) electrons. The molecule has 2 heterocycles. The normalized spacial score (nSPS) is 27.0. The van der Waals surface area contributed by atoms with Crippen LogP contribution >= 0.6 is 0 Å². The van der Waals surface area contributed by atoms with Gasteiger partial charge in [-0.2, -0.15) is 0 Å².